The molecule has 2 amide bonds. The van der Waals surface area contributed by atoms with Crippen LogP contribution < -0.4 is 10.6 Å². The van der Waals surface area contributed by atoms with Gasteiger partial charge in [0.25, 0.3) is 11.6 Å². The highest BCUT2D eigenvalue weighted by atomic mass is 19.1. The average Bonchev–Trinajstić information content (AvgIpc) is 2.67. The Bertz CT molecular complexity index is 991. The molecule has 0 aliphatic carbocycles. The van der Waals surface area contributed by atoms with Crippen molar-refractivity contribution in [3.8, 4) is 0 Å². The summed E-state index contributed by atoms with van der Waals surface area (Å²) >= 11 is 0. The van der Waals surface area contributed by atoms with Crippen LogP contribution in [0.15, 0.2) is 36.4 Å². The molecule has 0 spiro atoms. The fraction of sp³-hybridized carbons (Fsp3) is 0.167. The largest absolute Gasteiger partial charge is 0.452 e. The number of benzene rings is 2. The maximum atomic E-state index is 13.7. The number of nitro groups is 1. The molecule has 0 saturated heterocycles. The standard InChI is InChI=1S/C18H14FN3O6/c19-13-4-3-12(22(26)27)8-15(13)21-17(24)9-28-18(25)11-1-5-14-10(7-11)2-6-16(23)20-14/h1,3-5,7-8H,2,6,9H2,(H,20,23)(H,21,24). The Morgan fingerprint density at radius 1 is 1.21 bits per heavy atom. The number of amides is 2. The summed E-state index contributed by atoms with van der Waals surface area (Å²) in [5, 5.41) is 15.5. The van der Waals surface area contributed by atoms with Crippen LogP contribution in [-0.2, 0) is 20.7 Å². The molecule has 3 rings (SSSR count). The van der Waals surface area contributed by atoms with Crippen LogP contribution in [0.5, 0.6) is 0 Å². The van der Waals surface area contributed by atoms with E-state index in [1.54, 1.807) is 12.1 Å². The number of rotatable bonds is 5. The summed E-state index contributed by atoms with van der Waals surface area (Å²) in [7, 11) is 0. The van der Waals surface area contributed by atoms with Crippen molar-refractivity contribution in [1.29, 1.82) is 0 Å². The molecule has 2 aromatic rings. The first-order chi connectivity index (χ1) is 13.3. The van der Waals surface area contributed by atoms with Crippen LogP contribution in [0, 0.1) is 15.9 Å². The summed E-state index contributed by atoms with van der Waals surface area (Å²) in [6.07, 6.45) is 0.789. The lowest BCUT2D eigenvalue weighted by atomic mass is 10.0. The number of aryl methyl sites for hydroxylation is 1. The number of carbonyl (C=O) groups excluding carboxylic acids is 3. The zero-order chi connectivity index (χ0) is 20.3. The van der Waals surface area contributed by atoms with Gasteiger partial charge in [-0.3, -0.25) is 19.7 Å². The minimum Gasteiger partial charge on any atom is -0.452 e. The highest BCUT2D eigenvalue weighted by Crippen LogP contribution is 2.24. The fourth-order valence-electron chi connectivity index (χ4n) is 2.63. The molecule has 2 N–H and O–H groups in total. The van der Waals surface area contributed by atoms with Gasteiger partial charge in [0, 0.05) is 24.2 Å². The quantitative estimate of drug-likeness (QED) is 0.461. The van der Waals surface area contributed by atoms with E-state index in [0.29, 0.717) is 18.5 Å². The molecule has 10 heteroatoms. The highest BCUT2D eigenvalue weighted by Gasteiger charge is 2.18. The normalized spacial score (nSPS) is 12.5. The van der Waals surface area contributed by atoms with Gasteiger partial charge in [0.2, 0.25) is 5.91 Å². The molecule has 1 aliphatic rings. The molecule has 9 nitrogen and oxygen atoms in total. The summed E-state index contributed by atoms with van der Waals surface area (Å²) in [5.41, 5.74) is 0.808. The van der Waals surface area contributed by atoms with E-state index in [1.807, 2.05) is 0 Å². The van der Waals surface area contributed by atoms with Gasteiger partial charge >= 0.3 is 5.97 Å². The number of non-ortho nitro benzene ring substituents is 1. The summed E-state index contributed by atoms with van der Waals surface area (Å²) in [6.45, 7) is -0.700. The second kappa shape index (κ2) is 7.82. The summed E-state index contributed by atoms with van der Waals surface area (Å²) in [6, 6.07) is 7.27. The number of nitro benzene ring substituents is 1. The van der Waals surface area contributed by atoms with Crippen LogP contribution in [0.4, 0.5) is 21.5 Å². The van der Waals surface area contributed by atoms with Crippen LogP contribution in [0.1, 0.15) is 22.3 Å². The van der Waals surface area contributed by atoms with Gasteiger partial charge in [0.05, 0.1) is 16.2 Å². The number of nitrogens with one attached hydrogen (secondary N) is 2. The Kier molecular flexibility index (Phi) is 5.30. The lowest BCUT2D eigenvalue weighted by Crippen LogP contribution is -2.22. The predicted molar refractivity (Wildman–Crippen MR) is 95.4 cm³/mol. The van der Waals surface area contributed by atoms with E-state index >= 15 is 0 Å². The van der Waals surface area contributed by atoms with Gasteiger partial charge < -0.3 is 15.4 Å². The number of nitrogens with zero attached hydrogens (tertiary/aromatic N) is 1. The van der Waals surface area contributed by atoms with E-state index in [4.69, 9.17) is 4.74 Å². The fourth-order valence-corrected chi connectivity index (χ4v) is 2.63. The number of hydrogen-bond donors (Lipinski definition) is 2. The Morgan fingerprint density at radius 2 is 2.00 bits per heavy atom. The van der Waals surface area contributed by atoms with Crippen molar-refractivity contribution in [1.82, 2.24) is 0 Å². The number of esters is 1. The zero-order valence-electron chi connectivity index (χ0n) is 14.4. The minimum absolute atomic E-state index is 0.104. The predicted octanol–water partition coefficient (Wildman–Crippen LogP) is 2.41. The molecular weight excluding hydrogens is 373 g/mol. The van der Waals surface area contributed by atoms with Gasteiger partial charge in [0.15, 0.2) is 6.61 Å². The highest BCUT2D eigenvalue weighted by molar-refractivity contribution is 5.97. The van der Waals surface area contributed by atoms with E-state index in [0.717, 1.165) is 23.8 Å². The van der Waals surface area contributed by atoms with Gasteiger partial charge in [-0.1, -0.05) is 0 Å². The Hall–Kier alpha value is -3.82. The SMILES string of the molecule is O=C(COC(=O)c1ccc2c(c1)CCC(=O)N2)Nc1cc([N+](=O)[O-])ccc1F. The lowest BCUT2D eigenvalue weighted by molar-refractivity contribution is -0.384. The summed E-state index contributed by atoms with van der Waals surface area (Å²) in [4.78, 5) is 45.3. The minimum atomic E-state index is -0.859. The van der Waals surface area contributed by atoms with E-state index in [1.165, 1.54) is 6.07 Å². The number of anilines is 2. The smallest absolute Gasteiger partial charge is 0.338 e. The Balaban J connectivity index is 1.60. The Morgan fingerprint density at radius 3 is 2.75 bits per heavy atom. The second-order valence-electron chi connectivity index (χ2n) is 5.97. The monoisotopic (exact) mass is 387 g/mol. The topological polar surface area (TPSA) is 128 Å². The molecule has 1 heterocycles. The second-order valence-corrected chi connectivity index (χ2v) is 5.97. The molecular formula is C18H14FN3O6. The first-order valence-electron chi connectivity index (χ1n) is 8.17. The van der Waals surface area contributed by atoms with Gasteiger partial charge in [0.1, 0.15) is 5.82 Å². The van der Waals surface area contributed by atoms with Crippen LogP contribution in [0.25, 0.3) is 0 Å². The number of ether oxygens (including phenoxy) is 1. The molecule has 0 unspecified atom stereocenters. The summed E-state index contributed by atoms with van der Waals surface area (Å²) in [5.74, 6) is -2.58. The van der Waals surface area contributed by atoms with Crippen molar-refractivity contribution in [3.05, 3.63) is 63.5 Å². The first kappa shape index (κ1) is 19.0. The van der Waals surface area contributed by atoms with Gasteiger partial charge in [-0.2, -0.15) is 0 Å². The van der Waals surface area contributed by atoms with Gasteiger partial charge in [-0.15, -0.1) is 0 Å². The van der Waals surface area contributed by atoms with Gasteiger partial charge in [-0.05, 0) is 36.2 Å². The third-order valence-corrected chi connectivity index (χ3v) is 4.01. The average molecular weight is 387 g/mol. The van der Waals surface area contributed by atoms with E-state index in [2.05, 4.69) is 10.6 Å². The molecule has 28 heavy (non-hydrogen) atoms. The summed E-state index contributed by atoms with van der Waals surface area (Å²) < 4.78 is 18.6. The number of carbonyl (C=O) groups is 3. The van der Waals surface area contributed by atoms with Crippen LogP contribution >= 0.6 is 0 Å². The number of hydrogen-bond acceptors (Lipinski definition) is 6. The molecule has 0 saturated carbocycles. The molecule has 1 aliphatic heterocycles. The van der Waals surface area contributed by atoms with Crippen molar-refractivity contribution >= 4 is 34.8 Å². The molecule has 0 atom stereocenters. The third kappa shape index (κ3) is 4.29. The Labute approximate surface area is 157 Å². The maximum absolute atomic E-state index is 13.7. The van der Waals surface area contributed by atoms with Crippen molar-refractivity contribution in [2.24, 2.45) is 0 Å². The molecule has 0 radical (unpaired) electrons. The van der Waals surface area contributed by atoms with Crippen LogP contribution in [-0.4, -0.2) is 29.3 Å². The van der Waals surface area contributed by atoms with E-state index in [9.17, 15) is 28.9 Å². The van der Waals surface area contributed by atoms with E-state index < -0.39 is 34.9 Å². The molecule has 2 aromatic carbocycles. The molecule has 0 bridgehead atoms. The van der Waals surface area contributed by atoms with Crippen molar-refractivity contribution in [3.63, 3.8) is 0 Å². The van der Waals surface area contributed by atoms with Crippen LogP contribution in [0.2, 0.25) is 0 Å². The van der Waals surface area contributed by atoms with Crippen LogP contribution in [0.3, 0.4) is 0 Å². The third-order valence-electron chi connectivity index (χ3n) is 4.01. The number of halogens is 1. The van der Waals surface area contributed by atoms with Crippen molar-refractivity contribution in [2.75, 3.05) is 17.2 Å². The van der Waals surface area contributed by atoms with E-state index in [-0.39, 0.29) is 17.2 Å². The zero-order valence-corrected chi connectivity index (χ0v) is 14.4. The lowest BCUT2D eigenvalue weighted by Gasteiger charge is -2.17. The molecule has 144 valence electrons. The maximum Gasteiger partial charge on any atom is 0.338 e. The molecule has 0 fully saturated rings. The number of fused-ring (bicyclic) bond motifs is 1. The first-order valence-corrected chi connectivity index (χ1v) is 8.17. The van der Waals surface area contributed by atoms with Crippen molar-refractivity contribution in [2.45, 2.75) is 12.8 Å². The molecule has 0 aromatic heterocycles. The van der Waals surface area contributed by atoms with Gasteiger partial charge in [-0.25, -0.2) is 9.18 Å². The van der Waals surface area contributed by atoms with Crippen molar-refractivity contribution < 1.29 is 28.4 Å².